The number of ether oxygens (including phenoxy) is 1. The first kappa shape index (κ1) is 22.3. The van der Waals surface area contributed by atoms with Gasteiger partial charge in [-0.3, -0.25) is 25.0 Å². The zero-order chi connectivity index (χ0) is 22.6. The first-order valence-corrected chi connectivity index (χ1v) is 11.0. The van der Waals surface area contributed by atoms with Crippen molar-refractivity contribution in [3.05, 3.63) is 58.1 Å². The molecule has 13 heteroatoms. The molecule has 0 atom stereocenters. The highest BCUT2D eigenvalue weighted by Crippen LogP contribution is 2.29. The summed E-state index contributed by atoms with van der Waals surface area (Å²) in [6, 6.07) is 10.1. The molecular weight excluding hydrogens is 448 g/mol. The summed E-state index contributed by atoms with van der Waals surface area (Å²) in [6.45, 7) is 0.514. The van der Waals surface area contributed by atoms with Crippen LogP contribution in [0.5, 0.6) is 0 Å². The van der Waals surface area contributed by atoms with Crippen molar-refractivity contribution in [2.45, 2.75) is 11.8 Å². The number of carbonyl (C=O) groups is 2. The number of benzene rings is 2. The molecule has 11 nitrogen and oxygen atoms in total. The third-order valence-corrected chi connectivity index (χ3v) is 6.28. The lowest BCUT2D eigenvalue weighted by molar-refractivity contribution is -0.384. The van der Waals surface area contributed by atoms with Crippen molar-refractivity contribution in [2.75, 3.05) is 18.5 Å². The maximum atomic E-state index is 12.1. The van der Waals surface area contributed by atoms with Gasteiger partial charge in [0.15, 0.2) is 11.7 Å². The Morgan fingerprint density at radius 2 is 1.90 bits per heavy atom. The molecule has 0 aliphatic rings. The number of thiazole rings is 1. The topological polar surface area (TPSA) is 158 Å². The number of hydrogen-bond acceptors (Lipinski definition) is 9. The molecule has 0 saturated heterocycles. The van der Waals surface area contributed by atoms with Gasteiger partial charge < -0.3 is 4.74 Å². The Bertz CT molecular complexity index is 1250. The Hall–Kier alpha value is -3.42. The molecule has 0 bridgehead atoms. The van der Waals surface area contributed by atoms with Gasteiger partial charge in [-0.15, -0.1) is 0 Å². The predicted octanol–water partition coefficient (Wildman–Crippen LogP) is 1.97. The van der Waals surface area contributed by atoms with Gasteiger partial charge in [0, 0.05) is 12.1 Å². The third-order valence-electron chi connectivity index (χ3n) is 3.93. The van der Waals surface area contributed by atoms with Crippen molar-refractivity contribution >= 4 is 54.3 Å². The molecule has 0 fully saturated rings. The normalized spacial score (nSPS) is 11.3. The number of carbonyl (C=O) groups excluding carboxylic acids is 2. The van der Waals surface area contributed by atoms with Crippen LogP contribution in [0.2, 0.25) is 0 Å². The summed E-state index contributed by atoms with van der Waals surface area (Å²) < 4.78 is 31.6. The average molecular weight is 464 g/mol. The molecule has 0 unspecified atom stereocenters. The van der Waals surface area contributed by atoms with Gasteiger partial charge in [0.1, 0.15) is 6.54 Å². The molecule has 1 heterocycles. The number of aromatic nitrogens is 1. The van der Waals surface area contributed by atoms with Gasteiger partial charge in [-0.05, 0) is 25.1 Å². The number of hydrogen-bond donors (Lipinski definition) is 2. The minimum atomic E-state index is -3.89. The van der Waals surface area contributed by atoms with Crippen LogP contribution in [-0.4, -0.2) is 43.4 Å². The lowest BCUT2D eigenvalue weighted by Gasteiger charge is -2.07. The second kappa shape index (κ2) is 9.16. The number of nitrogens with one attached hydrogen (secondary N) is 2. The Morgan fingerprint density at radius 1 is 1.19 bits per heavy atom. The zero-order valence-electron chi connectivity index (χ0n) is 16.0. The summed E-state index contributed by atoms with van der Waals surface area (Å²) >= 11 is 1.02. The number of esters is 1. The molecule has 1 amide bonds. The first-order valence-electron chi connectivity index (χ1n) is 8.71. The molecule has 0 aliphatic heterocycles. The highest BCUT2D eigenvalue weighted by molar-refractivity contribution is 7.89. The molecule has 1 aromatic heterocycles. The second-order valence-corrected chi connectivity index (χ2v) is 9.07. The number of fused-ring (bicyclic) bond motifs is 1. The van der Waals surface area contributed by atoms with Crippen LogP contribution in [-0.2, 0) is 24.3 Å². The van der Waals surface area contributed by atoms with Crippen LogP contribution in [0.25, 0.3) is 10.2 Å². The molecule has 31 heavy (non-hydrogen) atoms. The third kappa shape index (κ3) is 5.81. The lowest BCUT2D eigenvalue weighted by Crippen LogP contribution is -2.32. The van der Waals surface area contributed by atoms with E-state index in [-0.39, 0.29) is 15.7 Å². The molecule has 3 rings (SSSR count). The van der Waals surface area contributed by atoms with Crippen molar-refractivity contribution in [2.24, 2.45) is 0 Å². The van der Waals surface area contributed by atoms with Crippen LogP contribution in [0.1, 0.15) is 5.56 Å². The molecule has 0 spiro atoms. The smallest absolute Gasteiger partial charge is 0.321 e. The van der Waals surface area contributed by atoms with Gasteiger partial charge >= 0.3 is 5.97 Å². The molecule has 3 aromatic rings. The van der Waals surface area contributed by atoms with Gasteiger partial charge in [-0.25, -0.2) is 13.4 Å². The molecule has 2 aromatic carbocycles. The quantitative estimate of drug-likeness (QED) is 0.291. The van der Waals surface area contributed by atoms with E-state index in [1.807, 2.05) is 6.92 Å². The van der Waals surface area contributed by atoms with E-state index in [0.717, 1.165) is 16.9 Å². The van der Waals surface area contributed by atoms with E-state index < -0.39 is 40.0 Å². The fraction of sp³-hybridized carbons (Fsp3) is 0.167. The Kier molecular flexibility index (Phi) is 6.58. The highest BCUT2D eigenvalue weighted by Gasteiger charge is 2.17. The minimum Gasteiger partial charge on any atom is -0.455 e. The maximum Gasteiger partial charge on any atom is 0.321 e. The first-order chi connectivity index (χ1) is 14.6. The van der Waals surface area contributed by atoms with Crippen molar-refractivity contribution in [1.82, 2.24) is 9.71 Å². The zero-order valence-corrected chi connectivity index (χ0v) is 17.7. The molecule has 162 valence electrons. The van der Waals surface area contributed by atoms with Crippen LogP contribution in [0.3, 0.4) is 0 Å². The number of nitro groups is 1. The second-order valence-electron chi connectivity index (χ2n) is 6.27. The Morgan fingerprint density at radius 3 is 2.58 bits per heavy atom. The molecule has 0 aliphatic carbocycles. The van der Waals surface area contributed by atoms with Crippen LogP contribution >= 0.6 is 11.3 Å². The fourth-order valence-electron chi connectivity index (χ4n) is 2.39. The van der Waals surface area contributed by atoms with E-state index >= 15 is 0 Å². The fourth-order valence-corrected chi connectivity index (χ4v) is 4.27. The summed E-state index contributed by atoms with van der Waals surface area (Å²) in [5.41, 5.74) is 1.25. The average Bonchev–Trinajstić information content (AvgIpc) is 3.12. The lowest BCUT2D eigenvalue weighted by atomic mass is 10.2. The number of aryl methyl sites for hydroxylation is 1. The monoisotopic (exact) mass is 464 g/mol. The van der Waals surface area contributed by atoms with Gasteiger partial charge in [-0.1, -0.05) is 29.0 Å². The maximum absolute atomic E-state index is 12.1. The number of nitrogens with zero attached hydrogens (tertiary/aromatic N) is 2. The van der Waals surface area contributed by atoms with E-state index in [0.29, 0.717) is 10.2 Å². The molecule has 0 radical (unpaired) electrons. The number of rotatable bonds is 8. The molecule has 2 N–H and O–H groups in total. The van der Waals surface area contributed by atoms with Crippen molar-refractivity contribution in [3.8, 4) is 0 Å². The van der Waals surface area contributed by atoms with Crippen LogP contribution in [0.15, 0.2) is 47.4 Å². The van der Waals surface area contributed by atoms with Gasteiger partial charge in [-0.2, -0.15) is 4.72 Å². The van der Waals surface area contributed by atoms with Crippen molar-refractivity contribution < 1.29 is 27.7 Å². The number of sulfonamides is 1. The summed E-state index contributed by atoms with van der Waals surface area (Å²) in [5.74, 6) is -1.63. The summed E-state index contributed by atoms with van der Waals surface area (Å²) in [7, 11) is -3.89. The largest absolute Gasteiger partial charge is 0.455 e. The number of anilines is 1. The SMILES string of the molecule is Cc1ccc(S(=O)(=O)NCC(=O)OCC(=O)Nc2nc3ccc([N+](=O)[O-])cc3s2)cc1. The summed E-state index contributed by atoms with van der Waals surface area (Å²) in [4.78, 5) is 38.1. The van der Waals surface area contributed by atoms with Crippen molar-refractivity contribution in [1.29, 1.82) is 0 Å². The van der Waals surface area contributed by atoms with Crippen LogP contribution in [0.4, 0.5) is 10.8 Å². The van der Waals surface area contributed by atoms with Gasteiger partial charge in [0.05, 0.1) is 20.0 Å². The number of nitro benzene ring substituents is 1. The van der Waals surface area contributed by atoms with Gasteiger partial charge in [0.25, 0.3) is 11.6 Å². The van der Waals surface area contributed by atoms with E-state index in [4.69, 9.17) is 4.74 Å². The van der Waals surface area contributed by atoms with E-state index in [1.54, 1.807) is 12.1 Å². The summed E-state index contributed by atoms with van der Waals surface area (Å²) in [5, 5.41) is 13.4. The highest BCUT2D eigenvalue weighted by atomic mass is 32.2. The van der Waals surface area contributed by atoms with Gasteiger partial charge in [0.2, 0.25) is 10.0 Å². The number of non-ortho nitro benzene ring substituents is 1. The molecular formula is C18H16N4O7S2. The van der Waals surface area contributed by atoms with E-state index in [9.17, 15) is 28.1 Å². The molecule has 0 saturated carbocycles. The standard InChI is InChI=1S/C18H16N4O7S2/c1-11-2-5-13(6-3-11)31(27,28)19-9-17(24)29-10-16(23)21-18-20-14-7-4-12(22(25)26)8-15(14)30-18/h2-8,19H,9-10H2,1H3,(H,20,21,23). The Balaban J connectivity index is 1.50. The summed E-state index contributed by atoms with van der Waals surface area (Å²) in [6.07, 6.45) is 0. The van der Waals surface area contributed by atoms with Crippen LogP contribution < -0.4 is 10.0 Å². The Labute approximate surface area is 180 Å². The predicted molar refractivity (Wildman–Crippen MR) is 112 cm³/mol. The van der Waals surface area contributed by atoms with Crippen molar-refractivity contribution in [3.63, 3.8) is 0 Å². The van der Waals surface area contributed by atoms with E-state index in [2.05, 4.69) is 15.0 Å². The number of amides is 1. The van der Waals surface area contributed by atoms with E-state index in [1.165, 1.54) is 30.3 Å². The van der Waals surface area contributed by atoms with Crippen LogP contribution in [0, 0.1) is 17.0 Å². The minimum absolute atomic E-state index is 0.000263.